The fraction of sp³-hybridized carbons (Fsp3) is 0.567. The molecule has 1 saturated heterocycles. The van der Waals surface area contributed by atoms with E-state index < -0.39 is 0 Å². The van der Waals surface area contributed by atoms with E-state index in [1.54, 1.807) is 6.92 Å². The summed E-state index contributed by atoms with van der Waals surface area (Å²) in [5.41, 5.74) is 9.77. The van der Waals surface area contributed by atoms with Gasteiger partial charge in [0.1, 0.15) is 17.8 Å². The molecule has 1 saturated carbocycles. The molecule has 0 radical (unpaired) electrons. The van der Waals surface area contributed by atoms with E-state index in [0.717, 1.165) is 82.4 Å². The summed E-state index contributed by atoms with van der Waals surface area (Å²) in [6, 6.07) is 10.7. The summed E-state index contributed by atoms with van der Waals surface area (Å²) >= 11 is 0. The van der Waals surface area contributed by atoms with Gasteiger partial charge in [0, 0.05) is 38.8 Å². The van der Waals surface area contributed by atoms with Gasteiger partial charge in [0.05, 0.1) is 11.5 Å². The zero-order valence-electron chi connectivity index (χ0n) is 23.1. The minimum Gasteiger partial charge on any atom is -0.393 e. The second-order valence-electron chi connectivity index (χ2n) is 11.2. The first-order valence-electron chi connectivity index (χ1n) is 14.5. The molecule has 2 aromatic heterocycles. The molecule has 1 amide bonds. The molecule has 3 atom stereocenters. The summed E-state index contributed by atoms with van der Waals surface area (Å²) in [5, 5.41) is 18.9. The van der Waals surface area contributed by atoms with Crippen LogP contribution in [0, 0.1) is 5.92 Å². The summed E-state index contributed by atoms with van der Waals surface area (Å²) < 4.78 is 2.24. The largest absolute Gasteiger partial charge is 0.393 e. The number of likely N-dealkylation sites (tertiary alicyclic amines) is 1. The lowest BCUT2D eigenvalue weighted by Gasteiger charge is -2.31. The van der Waals surface area contributed by atoms with Crippen molar-refractivity contribution < 1.29 is 9.90 Å². The molecule has 3 aromatic rings. The Labute approximate surface area is 231 Å². The molecule has 5 N–H and O–H groups in total. The van der Waals surface area contributed by atoms with Crippen LogP contribution in [0.1, 0.15) is 62.1 Å². The van der Waals surface area contributed by atoms with Gasteiger partial charge in [0.2, 0.25) is 5.91 Å². The number of aliphatic hydroxyl groups is 1. The number of hydrogen-bond acceptors (Lipinski definition) is 7. The van der Waals surface area contributed by atoms with Crippen LogP contribution in [0.25, 0.3) is 11.0 Å². The Kier molecular flexibility index (Phi) is 9.11. The summed E-state index contributed by atoms with van der Waals surface area (Å²) in [7, 11) is 0. The molecular formula is C30H43N7O2. The number of aromatic nitrogens is 3. The molecular weight excluding hydrogens is 490 g/mol. The molecule has 0 unspecified atom stereocenters. The quantitative estimate of drug-likeness (QED) is 0.280. The highest BCUT2D eigenvalue weighted by atomic mass is 16.3. The number of nitrogens with two attached hydrogens (primary N) is 1. The maximum atomic E-state index is 11.8. The summed E-state index contributed by atoms with van der Waals surface area (Å²) in [5.74, 6) is 1.18. The van der Waals surface area contributed by atoms with Crippen LogP contribution in [0.5, 0.6) is 0 Å². The number of nitrogens with one attached hydrogen (secondary N) is 2. The third kappa shape index (κ3) is 6.59. The Morgan fingerprint density at radius 3 is 2.62 bits per heavy atom. The highest BCUT2D eigenvalue weighted by molar-refractivity contribution is 5.90. The number of anilines is 1. The predicted molar refractivity (Wildman–Crippen MR) is 154 cm³/mol. The predicted octanol–water partition coefficient (Wildman–Crippen LogP) is 2.86. The molecule has 5 rings (SSSR count). The first-order chi connectivity index (χ1) is 19.0. The van der Waals surface area contributed by atoms with Crippen molar-refractivity contribution in [1.82, 2.24) is 30.1 Å². The van der Waals surface area contributed by atoms with E-state index in [2.05, 4.69) is 61.7 Å². The van der Waals surface area contributed by atoms with Gasteiger partial charge in [-0.15, -0.1) is 0 Å². The summed E-state index contributed by atoms with van der Waals surface area (Å²) in [6.45, 7) is 6.89. The van der Waals surface area contributed by atoms with Crippen LogP contribution in [0.4, 0.5) is 5.82 Å². The minimum atomic E-state index is -0.342. The molecule has 1 aliphatic heterocycles. The Morgan fingerprint density at radius 1 is 1.08 bits per heavy atom. The molecule has 1 aromatic carbocycles. The van der Waals surface area contributed by atoms with Crippen molar-refractivity contribution in [3.8, 4) is 0 Å². The van der Waals surface area contributed by atoms with Crippen LogP contribution >= 0.6 is 0 Å². The van der Waals surface area contributed by atoms with Crippen molar-refractivity contribution in [3.05, 3.63) is 54.0 Å². The van der Waals surface area contributed by atoms with E-state index in [1.165, 1.54) is 17.5 Å². The first kappa shape index (κ1) is 27.6. The molecule has 0 spiro atoms. The zero-order chi connectivity index (χ0) is 27.2. The smallest absolute Gasteiger partial charge is 0.219 e. The number of benzene rings is 1. The third-order valence-corrected chi connectivity index (χ3v) is 8.62. The van der Waals surface area contributed by atoms with Gasteiger partial charge in [0.25, 0.3) is 0 Å². The van der Waals surface area contributed by atoms with E-state index in [1.807, 2.05) is 4.90 Å². The average Bonchev–Trinajstić information content (AvgIpc) is 3.52. The molecule has 210 valence electrons. The van der Waals surface area contributed by atoms with Gasteiger partial charge in [0.15, 0.2) is 0 Å². The second kappa shape index (κ2) is 12.9. The zero-order valence-corrected chi connectivity index (χ0v) is 23.1. The Hall–Kier alpha value is -3.01. The highest BCUT2D eigenvalue weighted by Crippen LogP contribution is 2.41. The van der Waals surface area contributed by atoms with Gasteiger partial charge in [-0.2, -0.15) is 0 Å². The number of amides is 1. The number of nitrogens with zero attached hydrogens (tertiary/aromatic N) is 4. The van der Waals surface area contributed by atoms with E-state index in [-0.39, 0.29) is 24.0 Å². The standard InChI is InChI=1S/C30H43N7O2/c1-21(38)36-14-9-23(10-15-36)26-19-37(30-28(26)29(31)34-20-35-30)25-16-24(27(39)17-25)18-33-12-5-11-32-13-8-22-6-3-2-4-7-22/h2-4,6-7,19-20,23-25,27,32-33,39H,5,8-18H2,1H3,(H2,31,34,35)/t24-,25-,27+/m1/s1. The van der Waals surface area contributed by atoms with Gasteiger partial charge in [-0.3, -0.25) is 4.79 Å². The molecule has 3 heterocycles. The molecule has 39 heavy (non-hydrogen) atoms. The number of piperidine rings is 1. The third-order valence-electron chi connectivity index (χ3n) is 8.62. The van der Waals surface area contributed by atoms with Crippen molar-refractivity contribution in [2.75, 3.05) is 45.0 Å². The van der Waals surface area contributed by atoms with Crippen molar-refractivity contribution in [2.24, 2.45) is 5.92 Å². The van der Waals surface area contributed by atoms with Crippen LogP contribution in [-0.2, 0) is 11.2 Å². The van der Waals surface area contributed by atoms with Gasteiger partial charge >= 0.3 is 0 Å². The molecule has 2 aliphatic rings. The van der Waals surface area contributed by atoms with E-state index in [9.17, 15) is 9.90 Å². The van der Waals surface area contributed by atoms with Crippen LogP contribution in [0.15, 0.2) is 42.9 Å². The number of hydrogen-bond donors (Lipinski definition) is 4. The molecule has 1 aliphatic carbocycles. The average molecular weight is 534 g/mol. The van der Waals surface area contributed by atoms with E-state index in [4.69, 9.17) is 5.73 Å². The van der Waals surface area contributed by atoms with Crippen LogP contribution < -0.4 is 16.4 Å². The highest BCUT2D eigenvalue weighted by Gasteiger charge is 2.36. The maximum Gasteiger partial charge on any atom is 0.219 e. The molecule has 9 heteroatoms. The molecule has 2 fully saturated rings. The second-order valence-corrected chi connectivity index (χ2v) is 11.2. The number of carbonyl (C=O) groups is 1. The maximum absolute atomic E-state index is 11.8. The van der Waals surface area contributed by atoms with Crippen LogP contribution in [-0.4, -0.2) is 75.8 Å². The molecule has 0 bridgehead atoms. The Morgan fingerprint density at radius 2 is 1.85 bits per heavy atom. The van der Waals surface area contributed by atoms with E-state index >= 15 is 0 Å². The van der Waals surface area contributed by atoms with Crippen LogP contribution in [0.3, 0.4) is 0 Å². The fourth-order valence-electron chi connectivity index (χ4n) is 6.38. The number of nitrogen functional groups attached to an aromatic ring is 1. The Balaban J connectivity index is 1.13. The topological polar surface area (TPSA) is 121 Å². The van der Waals surface area contributed by atoms with Crippen molar-refractivity contribution in [1.29, 1.82) is 0 Å². The monoisotopic (exact) mass is 533 g/mol. The van der Waals surface area contributed by atoms with Gasteiger partial charge in [-0.1, -0.05) is 30.3 Å². The van der Waals surface area contributed by atoms with Crippen LogP contribution in [0.2, 0.25) is 0 Å². The summed E-state index contributed by atoms with van der Waals surface area (Å²) in [6.07, 6.45) is 8.95. The Bertz CT molecular complexity index is 1220. The molecule has 9 nitrogen and oxygen atoms in total. The SMILES string of the molecule is CC(=O)N1CCC(c2cn([C@@H]3C[C@H](CNCCCNCCc4ccccc4)[C@@H](O)C3)c3ncnc(N)c23)CC1. The van der Waals surface area contributed by atoms with E-state index in [0.29, 0.717) is 18.2 Å². The van der Waals surface area contributed by atoms with Crippen molar-refractivity contribution >= 4 is 22.8 Å². The number of fused-ring (bicyclic) bond motifs is 1. The minimum absolute atomic E-state index is 0.137. The lowest BCUT2D eigenvalue weighted by atomic mass is 9.89. The summed E-state index contributed by atoms with van der Waals surface area (Å²) in [4.78, 5) is 22.6. The van der Waals surface area contributed by atoms with Gasteiger partial charge in [-0.25, -0.2) is 9.97 Å². The van der Waals surface area contributed by atoms with Crippen molar-refractivity contribution in [3.63, 3.8) is 0 Å². The van der Waals surface area contributed by atoms with Gasteiger partial charge < -0.3 is 30.9 Å². The number of rotatable bonds is 11. The number of carbonyl (C=O) groups excluding carboxylic acids is 1. The number of aliphatic hydroxyl groups excluding tert-OH is 1. The first-order valence-corrected chi connectivity index (χ1v) is 14.5. The lowest BCUT2D eigenvalue weighted by Crippen LogP contribution is -2.36. The van der Waals surface area contributed by atoms with Crippen molar-refractivity contribution in [2.45, 2.75) is 63.5 Å². The lowest BCUT2D eigenvalue weighted by molar-refractivity contribution is -0.129. The fourth-order valence-corrected chi connectivity index (χ4v) is 6.38. The van der Waals surface area contributed by atoms with Gasteiger partial charge in [-0.05, 0) is 81.1 Å². The normalized spacial score (nSPS) is 22.1.